The molecule has 0 atom stereocenters. The van der Waals surface area contributed by atoms with Crippen molar-refractivity contribution in [2.45, 2.75) is 13.5 Å². The Balaban J connectivity index is 2.21. The quantitative estimate of drug-likeness (QED) is 0.784. The van der Waals surface area contributed by atoms with Crippen molar-refractivity contribution in [3.05, 3.63) is 48.9 Å². The van der Waals surface area contributed by atoms with Crippen molar-refractivity contribution in [1.82, 2.24) is 9.55 Å². The molecule has 1 aromatic carbocycles. The molecule has 0 amide bonds. The largest absolute Gasteiger partial charge is 0.494 e. The number of benzene rings is 1. The predicted molar refractivity (Wildman–Crippen MR) is 93.4 cm³/mol. The highest BCUT2D eigenvalue weighted by Crippen LogP contribution is 2.35. The van der Waals surface area contributed by atoms with Crippen molar-refractivity contribution in [2.75, 3.05) is 0 Å². The maximum absolute atomic E-state index is 12.1. The molecule has 0 saturated carbocycles. The number of H-pyrrole nitrogens is 1. The Morgan fingerprint density at radius 1 is 1.50 bits per heavy atom. The van der Waals surface area contributed by atoms with Gasteiger partial charge in [-0.15, -0.1) is 0 Å². The summed E-state index contributed by atoms with van der Waals surface area (Å²) >= 11 is 8.46. The second-order valence-electron chi connectivity index (χ2n) is 4.76. The van der Waals surface area contributed by atoms with E-state index >= 15 is 0 Å². The van der Waals surface area contributed by atoms with Crippen LogP contribution in [0.2, 0.25) is 0 Å². The zero-order chi connectivity index (χ0) is 15.9. The fourth-order valence-corrected chi connectivity index (χ4v) is 3.00. The fourth-order valence-electron chi connectivity index (χ4n) is 2.33. The summed E-state index contributed by atoms with van der Waals surface area (Å²) in [6, 6.07) is 5.72. The van der Waals surface area contributed by atoms with Crippen LogP contribution < -0.4 is 5.56 Å². The van der Waals surface area contributed by atoms with E-state index < -0.39 is 5.56 Å². The van der Waals surface area contributed by atoms with Crippen LogP contribution in [-0.4, -0.2) is 20.9 Å². The lowest BCUT2D eigenvalue weighted by atomic mass is 10.1. The highest BCUT2D eigenvalue weighted by molar-refractivity contribution is 9.10. The molecule has 0 unspecified atom stereocenters. The average Bonchev–Trinajstić information content (AvgIpc) is 2.86. The molecule has 1 aliphatic rings. The van der Waals surface area contributed by atoms with Crippen molar-refractivity contribution in [1.29, 1.82) is 0 Å². The van der Waals surface area contributed by atoms with E-state index in [2.05, 4.69) is 25.9 Å². The maximum Gasteiger partial charge on any atom is 0.262 e. The molecule has 0 spiro atoms. The van der Waals surface area contributed by atoms with Crippen LogP contribution in [-0.2, 0) is 6.54 Å². The van der Waals surface area contributed by atoms with Crippen LogP contribution in [0.4, 0.5) is 5.69 Å². The van der Waals surface area contributed by atoms with Crippen LogP contribution in [0.15, 0.2) is 32.5 Å². The Morgan fingerprint density at radius 3 is 3.00 bits per heavy atom. The van der Waals surface area contributed by atoms with Crippen LogP contribution in [0.3, 0.4) is 0 Å². The average molecular weight is 378 g/mol. The minimum atomic E-state index is -0.420. The summed E-state index contributed by atoms with van der Waals surface area (Å²) in [5.41, 5.74) is 2.24. The minimum absolute atomic E-state index is 0.138. The topological polar surface area (TPSA) is 70.4 Å². The summed E-state index contributed by atoms with van der Waals surface area (Å²) in [5.74, 6) is -0.138. The summed E-state index contributed by atoms with van der Waals surface area (Å²) in [7, 11) is 0. The highest BCUT2D eigenvalue weighted by Gasteiger charge is 2.16. The first-order valence-corrected chi connectivity index (χ1v) is 7.83. The smallest absolute Gasteiger partial charge is 0.262 e. The summed E-state index contributed by atoms with van der Waals surface area (Å²) in [6.07, 6.45) is 3.30. The third-order valence-corrected chi connectivity index (χ3v) is 4.25. The Kier molecular flexibility index (Phi) is 3.84. The molecule has 7 heteroatoms. The molecule has 0 aliphatic carbocycles. The zero-order valence-corrected chi connectivity index (χ0v) is 14.0. The van der Waals surface area contributed by atoms with Gasteiger partial charge in [-0.05, 0) is 43.4 Å². The molecule has 0 fully saturated rings. The number of halogens is 1. The molecule has 3 rings (SSSR count). The van der Waals surface area contributed by atoms with Gasteiger partial charge in [0, 0.05) is 28.4 Å². The van der Waals surface area contributed by atoms with E-state index in [9.17, 15) is 9.90 Å². The monoisotopic (exact) mass is 377 g/mol. The fraction of sp³-hybridized carbons (Fsp3) is 0.133. The van der Waals surface area contributed by atoms with Crippen LogP contribution in [0.5, 0.6) is 5.88 Å². The molecule has 1 aliphatic heterocycles. The van der Waals surface area contributed by atoms with E-state index in [4.69, 9.17) is 12.2 Å². The van der Waals surface area contributed by atoms with Crippen molar-refractivity contribution in [3.8, 4) is 5.88 Å². The number of nitrogens with zero attached hydrogens (tertiary/aromatic N) is 2. The molecular formula is C15H12BrN3O2S. The normalized spacial score (nSPS) is 14.5. The third-order valence-electron chi connectivity index (χ3n) is 3.44. The van der Waals surface area contributed by atoms with E-state index in [1.165, 1.54) is 4.57 Å². The van der Waals surface area contributed by atoms with E-state index in [1.807, 2.05) is 25.1 Å². The molecule has 2 aromatic rings. The zero-order valence-electron chi connectivity index (χ0n) is 11.6. The van der Waals surface area contributed by atoms with Crippen molar-refractivity contribution in [2.24, 2.45) is 4.99 Å². The standard InChI is InChI=1S/C15H12BrN3O2S/c1-2-19-14(21)11(13(20)18-15(19)22)5-8-7-17-12-4-3-9(16)6-10(8)12/h3-7,21H,2H2,1H3,(H,18,20,22)/b8-5+. The lowest BCUT2D eigenvalue weighted by Crippen LogP contribution is -2.16. The van der Waals surface area contributed by atoms with Gasteiger partial charge in [-0.2, -0.15) is 0 Å². The minimum Gasteiger partial charge on any atom is -0.494 e. The number of aromatic nitrogens is 2. The van der Waals surface area contributed by atoms with Gasteiger partial charge in [0.15, 0.2) is 4.77 Å². The van der Waals surface area contributed by atoms with E-state index in [0.717, 1.165) is 21.3 Å². The second kappa shape index (κ2) is 5.66. The number of hydrogen-bond donors (Lipinski definition) is 2. The number of hydrogen-bond acceptors (Lipinski definition) is 4. The number of allylic oxidation sites excluding steroid dienone is 1. The Morgan fingerprint density at radius 2 is 2.27 bits per heavy atom. The first-order chi connectivity index (χ1) is 10.5. The number of aromatic hydroxyl groups is 1. The van der Waals surface area contributed by atoms with E-state index in [-0.39, 0.29) is 16.2 Å². The summed E-state index contributed by atoms with van der Waals surface area (Å²) in [6.45, 7) is 2.31. The highest BCUT2D eigenvalue weighted by atomic mass is 79.9. The molecule has 0 saturated heterocycles. The molecule has 112 valence electrons. The van der Waals surface area contributed by atoms with Gasteiger partial charge in [0.05, 0.1) is 5.69 Å². The number of aliphatic imine (C=N–C) groups is 1. The SMILES string of the molecule is CCn1c(O)c(/C=C2\C=Nc3ccc(Br)cc32)c(=O)[nH]c1=S. The van der Waals surface area contributed by atoms with Gasteiger partial charge >= 0.3 is 0 Å². The van der Waals surface area contributed by atoms with Gasteiger partial charge in [-0.1, -0.05) is 15.9 Å². The Hall–Kier alpha value is -1.99. The van der Waals surface area contributed by atoms with E-state index in [1.54, 1.807) is 12.3 Å². The number of aromatic amines is 1. The van der Waals surface area contributed by atoms with Crippen molar-refractivity contribution < 1.29 is 5.11 Å². The van der Waals surface area contributed by atoms with Gasteiger partial charge in [0.25, 0.3) is 5.56 Å². The van der Waals surface area contributed by atoms with Crippen LogP contribution in [0, 0.1) is 4.77 Å². The van der Waals surface area contributed by atoms with Gasteiger partial charge in [-0.25, -0.2) is 0 Å². The molecule has 0 radical (unpaired) electrons. The van der Waals surface area contributed by atoms with Crippen molar-refractivity contribution in [3.63, 3.8) is 0 Å². The van der Waals surface area contributed by atoms with Gasteiger partial charge < -0.3 is 5.11 Å². The first kappa shape index (κ1) is 14.9. The predicted octanol–water partition coefficient (Wildman–Crippen LogP) is 3.65. The molecule has 22 heavy (non-hydrogen) atoms. The molecule has 0 bridgehead atoms. The first-order valence-electron chi connectivity index (χ1n) is 6.63. The number of rotatable bonds is 2. The molecule has 2 heterocycles. The lowest BCUT2D eigenvalue weighted by Gasteiger charge is -2.09. The van der Waals surface area contributed by atoms with Crippen molar-refractivity contribution >= 4 is 51.7 Å². The third kappa shape index (κ3) is 2.46. The van der Waals surface area contributed by atoms with Crippen LogP contribution >= 0.6 is 28.1 Å². The lowest BCUT2D eigenvalue weighted by molar-refractivity contribution is 0.408. The van der Waals surface area contributed by atoms with Gasteiger partial charge in [0.1, 0.15) is 5.56 Å². The summed E-state index contributed by atoms with van der Waals surface area (Å²) < 4.78 is 2.59. The van der Waals surface area contributed by atoms with Crippen LogP contribution in [0.25, 0.3) is 11.6 Å². The van der Waals surface area contributed by atoms with E-state index in [0.29, 0.717) is 6.54 Å². The summed E-state index contributed by atoms with van der Waals surface area (Å²) in [4.78, 5) is 19.0. The Bertz CT molecular complexity index is 941. The van der Waals surface area contributed by atoms with Gasteiger partial charge in [0.2, 0.25) is 5.88 Å². The molecule has 5 nitrogen and oxygen atoms in total. The number of nitrogens with one attached hydrogen (secondary N) is 1. The second-order valence-corrected chi connectivity index (χ2v) is 6.06. The Labute approximate surface area is 139 Å². The van der Waals surface area contributed by atoms with Gasteiger partial charge in [-0.3, -0.25) is 19.3 Å². The number of fused-ring (bicyclic) bond motifs is 1. The maximum atomic E-state index is 12.1. The molecular weight excluding hydrogens is 366 g/mol. The molecule has 2 N–H and O–H groups in total. The summed E-state index contributed by atoms with van der Waals surface area (Å²) in [5, 5.41) is 10.3. The van der Waals surface area contributed by atoms with Crippen LogP contribution in [0.1, 0.15) is 18.1 Å². The molecule has 1 aromatic heterocycles.